The zero-order valence-electron chi connectivity index (χ0n) is 24.4. The molecule has 0 saturated heterocycles. The molecule has 0 N–H and O–H groups in total. The van der Waals surface area contributed by atoms with Crippen LogP contribution < -0.4 is 14.7 Å². The summed E-state index contributed by atoms with van der Waals surface area (Å²) in [6, 6.07) is 47.3. The summed E-state index contributed by atoms with van der Waals surface area (Å²) in [6.07, 6.45) is 5.73. The Bertz CT molecular complexity index is 1590. The van der Waals surface area contributed by atoms with E-state index in [4.69, 9.17) is 17.3 Å². The molecule has 0 fully saturated rings. The van der Waals surface area contributed by atoms with Crippen LogP contribution in [-0.4, -0.2) is 41.1 Å². The van der Waals surface area contributed by atoms with Crippen LogP contribution in [0.25, 0.3) is 0 Å². The van der Waals surface area contributed by atoms with Crippen LogP contribution in [-0.2, 0) is 5.16 Å². The molecule has 0 aliphatic carbocycles. The maximum Gasteiger partial charge on any atom is 0.127 e. The van der Waals surface area contributed by atoms with Crippen molar-refractivity contribution in [2.24, 2.45) is 0 Å². The summed E-state index contributed by atoms with van der Waals surface area (Å²) in [6.45, 7) is 0. The van der Waals surface area contributed by atoms with Crippen LogP contribution in [0.2, 0.25) is 0 Å². The van der Waals surface area contributed by atoms with E-state index in [1.165, 1.54) is 5.19 Å². The van der Waals surface area contributed by atoms with Crippen molar-refractivity contribution in [3.63, 3.8) is 0 Å². The lowest BCUT2D eigenvalue weighted by molar-refractivity contribution is 0.411. The number of rotatable bonds is 9. The molecule has 0 unspecified atom stereocenters. The van der Waals surface area contributed by atoms with Crippen LogP contribution >= 0.6 is 0 Å². The molecular weight excluding hydrogens is 543 g/mol. The van der Waals surface area contributed by atoms with Gasteiger partial charge in [-0.15, -0.1) is 0 Å². The molecule has 0 aliphatic rings. The summed E-state index contributed by atoms with van der Waals surface area (Å²) in [7, 11) is 9.93. The monoisotopic (exact) mass is 576 g/mol. The van der Waals surface area contributed by atoms with E-state index in [-0.39, 0.29) is 5.82 Å². The van der Waals surface area contributed by atoms with Crippen molar-refractivity contribution in [1.82, 2.24) is 9.55 Å². The Hall–Kier alpha value is -4.81. The van der Waals surface area contributed by atoms with Gasteiger partial charge in [0.05, 0.1) is 33.6 Å². The molecule has 4 radical (unpaired) electrons. The van der Waals surface area contributed by atoms with Crippen LogP contribution in [0.3, 0.4) is 0 Å². The van der Waals surface area contributed by atoms with Crippen molar-refractivity contribution in [2.45, 2.75) is 11.0 Å². The molecule has 1 heterocycles. The summed E-state index contributed by atoms with van der Waals surface area (Å²) in [5.41, 5.74) is 4.56. The molecule has 0 saturated carbocycles. The van der Waals surface area contributed by atoms with Gasteiger partial charge in [0.2, 0.25) is 0 Å². The predicted octanol–water partition coefficient (Wildman–Crippen LogP) is 6.62. The van der Waals surface area contributed by atoms with E-state index >= 15 is 0 Å². The van der Waals surface area contributed by atoms with Crippen LogP contribution in [0, 0.1) is 0 Å². The number of methoxy groups -OCH3 is 2. The number of nitrogens with zero attached hydrogens (tertiary/aromatic N) is 2. The van der Waals surface area contributed by atoms with Crippen LogP contribution in [0.4, 0.5) is 0 Å². The second-order valence-electron chi connectivity index (χ2n) is 9.93. The maximum absolute atomic E-state index is 6.12. The molecule has 4 nitrogen and oxygen atoms in total. The van der Waals surface area contributed by atoms with Crippen molar-refractivity contribution in [3.8, 4) is 11.5 Å². The predicted molar refractivity (Wildman–Crippen MR) is 177 cm³/mol. The van der Waals surface area contributed by atoms with Gasteiger partial charge in [0.15, 0.2) is 0 Å². The summed E-state index contributed by atoms with van der Waals surface area (Å²) in [5.74, 6) is 1.64. The Balaban J connectivity index is 0.000000220. The number of imidazole rings is 1. The van der Waals surface area contributed by atoms with E-state index in [1.807, 2.05) is 85.5 Å². The fourth-order valence-corrected chi connectivity index (χ4v) is 6.71. The third kappa shape index (κ3) is 6.99. The first-order chi connectivity index (χ1) is 21.1. The van der Waals surface area contributed by atoms with E-state index in [2.05, 4.69) is 82.3 Å². The summed E-state index contributed by atoms with van der Waals surface area (Å²) in [4.78, 5) is 4.37. The molecule has 0 aliphatic heterocycles. The second kappa shape index (κ2) is 14.4. The molecule has 1 aromatic heterocycles. The molecule has 5 aromatic carbocycles. The SMILES string of the molecule is COc1cccc(C([Si]c2ccccc2)(c2cccc(OC)c2)n2ccnc2)c1.[B]C(c1ccccc1)c1ccccc1. The van der Waals surface area contributed by atoms with Crippen molar-refractivity contribution in [1.29, 1.82) is 0 Å². The summed E-state index contributed by atoms with van der Waals surface area (Å²) in [5, 5.41) is 0.771. The molecule has 0 spiro atoms. The third-order valence-electron chi connectivity index (χ3n) is 7.28. The Kier molecular flexibility index (Phi) is 9.93. The molecule has 6 heteroatoms. The van der Waals surface area contributed by atoms with Gasteiger partial charge in [-0.2, -0.15) is 0 Å². The lowest BCUT2D eigenvalue weighted by atomic mass is 9.76. The number of ether oxygens (including phenoxy) is 2. The summed E-state index contributed by atoms with van der Waals surface area (Å²) >= 11 is 0. The average Bonchev–Trinajstić information content (AvgIpc) is 3.64. The first-order valence-corrected chi connectivity index (χ1v) is 15.1. The van der Waals surface area contributed by atoms with E-state index in [0.717, 1.165) is 33.8 Å². The highest BCUT2D eigenvalue weighted by molar-refractivity contribution is 6.57. The fourth-order valence-electron chi connectivity index (χ4n) is 5.07. The standard InChI is InChI=1S/C24H22N2O2Si.C13H11B/c1-27-21-10-6-8-19(16-21)24(26-15-14-25-18-26,29-23-12-4-3-5-13-23)20-9-7-11-22(17-20)28-2;14-13(11-7-3-1-4-8-11)12-9-5-2-6-10-12/h3-18H,1-2H3;1-10,13H. The van der Waals surface area contributed by atoms with Gasteiger partial charge >= 0.3 is 0 Å². The largest absolute Gasteiger partial charge is 0.497 e. The quantitative estimate of drug-likeness (QED) is 0.182. The molecule has 0 bridgehead atoms. The number of hydrogen-bond donors (Lipinski definition) is 0. The van der Waals surface area contributed by atoms with Gasteiger partial charge in [-0.05, 0) is 52.3 Å². The zero-order chi connectivity index (χ0) is 29.9. The highest BCUT2D eigenvalue weighted by Crippen LogP contribution is 2.36. The van der Waals surface area contributed by atoms with Gasteiger partial charge in [0, 0.05) is 12.4 Å². The summed E-state index contributed by atoms with van der Waals surface area (Å²) < 4.78 is 13.3. The highest BCUT2D eigenvalue weighted by Gasteiger charge is 2.38. The minimum Gasteiger partial charge on any atom is -0.497 e. The number of hydrogen-bond acceptors (Lipinski definition) is 3. The van der Waals surface area contributed by atoms with Crippen molar-refractivity contribution in [2.75, 3.05) is 14.2 Å². The molecule has 0 amide bonds. The Labute approximate surface area is 258 Å². The molecule has 6 aromatic rings. The van der Waals surface area contributed by atoms with Gasteiger partial charge < -0.3 is 14.0 Å². The minimum absolute atomic E-state index is 0.0163. The molecule has 6 rings (SSSR count). The van der Waals surface area contributed by atoms with Crippen LogP contribution in [0.5, 0.6) is 11.5 Å². The average molecular weight is 577 g/mol. The lowest BCUT2D eigenvalue weighted by Gasteiger charge is -2.36. The van der Waals surface area contributed by atoms with Crippen LogP contribution in [0.15, 0.2) is 158 Å². The Morgan fingerprint density at radius 1 is 0.651 bits per heavy atom. The van der Waals surface area contributed by atoms with Crippen molar-refractivity contribution >= 4 is 22.6 Å². The zero-order valence-corrected chi connectivity index (χ0v) is 25.4. The lowest BCUT2D eigenvalue weighted by Crippen LogP contribution is -2.46. The normalized spacial score (nSPS) is 11.0. The maximum atomic E-state index is 6.12. The van der Waals surface area contributed by atoms with E-state index in [1.54, 1.807) is 14.2 Å². The molecule has 43 heavy (non-hydrogen) atoms. The van der Waals surface area contributed by atoms with Crippen molar-refractivity contribution in [3.05, 3.63) is 181 Å². The number of aromatic nitrogens is 2. The van der Waals surface area contributed by atoms with Gasteiger partial charge in [-0.1, -0.05) is 120 Å². The topological polar surface area (TPSA) is 36.3 Å². The fraction of sp³-hybridized carbons (Fsp3) is 0.108. The highest BCUT2D eigenvalue weighted by atomic mass is 28.2. The van der Waals surface area contributed by atoms with E-state index < -0.39 is 5.16 Å². The smallest absolute Gasteiger partial charge is 0.127 e. The minimum atomic E-state index is -0.485. The van der Waals surface area contributed by atoms with Gasteiger partial charge in [-0.25, -0.2) is 4.98 Å². The van der Waals surface area contributed by atoms with E-state index in [0.29, 0.717) is 9.52 Å². The van der Waals surface area contributed by atoms with Gasteiger partial charge in [0.25, 0.3) is 0 Å². The Morgan fingerprint density at radius 3 is 1.58 bits per heavy atom. The first-order valence-electron chi connectivity index (χ1n) is 14.1. The van der Waals surface area contributed by atoms with Gasteiger partial charge in [0.1, 0.15) is 21.0 Å². The van der Waals surface area contributed by atoms with Crippen LogP contribution in [0.1, 0.15) is 28.1 Å². The first kappa shape index (κ1) is 29.7. The Morgan fingerprint density at radius 2 is 1.14 bits per heavy atom. The van der Waals surface area contributed by atoms with Gasteiger partial charge in [-0.3, -0.25) is 0 Å². The van der Waals surface area contributed by atoms with Crippen molar-refractivity contribution < 1.29 is 9.47 Å². The van der Waals surface area contributed by atoms with E-state index in [9.17, 15) is 0 Å². The number of benzene rings is 5. The molecular formula is C37H33BN2O2Si. The second-order valence-corrected chi connectivity index (χ2v) is 11.5. The molecule has 0 atom stereocenters. The molecule has 210 valence electrons. The third-order valence-corrected chi connectivity index (χ3v) is 9.10.